The number of benzene rings is 3. The van der Waals surface area contributed by atoms with Crippen molar-refractivity contribution in [2.75, 3.05) is 31.3 Å². The number of fused-ring (bicyclic) bond motifs is 1. The molecule has 180 valence electrons. The van der Waals surface area contributed by atoms with Gasteiger partial charge >= 0.3 is 0 Å². The van der Waals surface area contributed by atoms with Crippen molar-refractivity contribution in [1.29, 1.82) is 0 Å². The van der Waals surface area contributed by atoms with Crippen LogP contribution in [0.1, 0.15) is 11.6 Å². The second-order valence-electron chi connectivity index (χ2n) is 8.07. The third kappa shape index (κ3) is 3.66. The molecule has 9 heteroatoms. The highest BCUT2D eigenvalue weighted by molar-refractivity contribution is 6.36. The molecule has 0 aromatic heterocycles. The van der Waals surface area contributed by atoms with E-state index in [1.165, 1.54) is 21.3 Å². The van der Waals surface area contributed by atoms with E-state index in [1.807, 2.05) is 30.3 Å². The lowest BCUT2D eigenvalue weighted by molar-refractivity contribution is -0.126. The number of imide groups is 1. The van der Waals surface area contributed by atoms with Crippen molar-refractivity contribution in [3.8, 4) is 17.2 Å². The number of anilines is 2. The summed E-state index contributed by atoms with van der Waals surface area (Å²) in [6, 6.07) is 18.8. The number of rotatable bonds is 6. The van der Waals surface area contributed by atoms with Crippen LogP contribution in [-0.4, -0.2) is 39.2 Å². The second kappa shape index (κ2) is 9.13. The van der Waals surface area contributed by atoms with Crippen molar-refractivity contribution in [3.05, 3.63) is 77.3 Å². The number of carbonyl (C=O) groups is 2. The van der Waals surface area contributed by atoms with Gasteiger partial charge in [-0.15, -0.1) is 0 Å². The summed E-state index contributed by atoms with van der Waals surface area (Å²) in [5.74, 6) is -0.342. The number of ether oxygens (including phenoxy) is 3. The number of para-hydroxylation sites is 2. The molecule has 3 aromatic rings. The van der Waals surface area contributed by atoms with Crippen molar-refractivity contribution >= 4 is 34.8 Å². The molecule has 3 atom stereocenters. The Hall–Kier alpha value is -3.75. The normalized spacial score (nSPS) is 21.3. The smallest absolute Gasteiger partial charge is 0.266 e. The van der Waals surface area contributed by atoms with Gasteiger partial charge < -0.3 is 14.2 Å². The summed E-state index contributed by atoms with van der Waals surface area (Å²) in [4.78, 5) is 34.6. The molecule has 0 saturated carbocycles. The summed E-state index contributed by atoms with van der Waals surface area (Å²) in [5.41, 5.74) is 1.63. The van der Waals surface area contributed by atoms with Crippen molar-refractivity contribution in [1.82, 2.24) is 0 Å². The molecule has 2 amide bonds. The maximum absolute atomic E-state index is 13.8. The Labute approximate surface area is 207 Å². The summed E-state index contributed by atoms with van der Waals surface area (Å²) < 4.78 is 16.6. The molecule has 0 aliphatic carbocycles. The Morgan fingerprint density at radius 1 is 0.800 bits per heavy atom. The summed E-state index contributed by atoms with van der Waals surface area (Å²) in [7, 11) is 4.59. The number of halogens is 1. The van der Waals surface area contributed by atoms with Gasteiger partial charge in [-0.1, -0.05) is 41.9 Å². The predicted octanol–water partition coefficient (Wildman–Crippen LogP) is 4.42. The molecule has 2 saturated heterocycles. The average molecular weight is 495 g/mol. The first-order chi connectivity index (χ1) is 17.0. The minimum atomic E-state index is -1.04. The van der Waals surface area contributed by atoms with Gasteiger partial charge in [-0.05, 0) is 30.3 Å². The molecular weight excluding hydrogens is 472 g/mol. The van der Waals surface area contributed by atoms with Crippen LogP contribution in [0.5, 0.6) is 17.2 Å². The molecular formula is C26H23ClN2O6. The van der Waals surface area contributed by atoms with Crippen LogP contribution in [-0.2, 0) is 14.4 Å². The molecule has 0 radical (unpaired) electrons. The second-order valence-corrected chi connectivity index (χ2v) is 8.48. The first-order valence-corrected chi connectivity index (χ1v) is 11.3. The quantitative estimate of drug-likeness (QED) is 0.469. The van der Waals surface area contributed by atoms with E-state index in [2.05, 4.69) is 0 Å². The Bertz CT molecular complexity index is 1280. The summed E-state index contributed by atoms with van der Waals surface area (Å²) in [5, 5.41) is 1.90. The van der Waals surface area contributed by atoms with Gasteiger partial charge in [0, 0.05) is 11.6 Å². The van der Waals surface area contributed by atoms with E-state index in [-0.39, 0.29) is 0 Å². The Morgan fingerprint density at radius 2 is 1.43 bits per heavy atom. The monoisotopic (exact) mass is 494 g/mol. The van der Waals surface area contributed by atoms with E-state index in [1.54, 1.807) is 41.5 Å². The van der Waals surface area contributed by atoms with Gasteiger partial charge in [0.05, 0.1) is 37.7 Å². The van der Waals surface area contributed by atoms with Gasteiger partial charge in [0.15, 0.2) is 17.6 Å². The maximum atomic E-state index is 13.8. The van der Waals surface area contributed by atoms with E-state index < -0.39 is 29.9 Å². The molecule has 2 heterocycles. The van der Waals surface area contributed by atoms with Crippen molar-refractivity contribution < 1.29 is 28.6 Å². The van der Waals surface area contributed by atoms with Crippen LogP contribution in [0.2, 0.25) is 5.02 Å². The van der Waals surface area contributed by atoms with E-state index in [0.717, 1.165) is 4.90 Å². The zero-order valence-corrected chi connectivity index (χ0v) is 20.1. The molecule has 2 aliphatic heterocycles. The fraction of sp³-hybridized carbons (Fsp3) is 0.231. The lowest BCUT2D eigenvalue weighted by atomic mass is 9.89. The van der Waals surface area contributed by atoms with E-state index >= 15 is 0 Å². The lowest BCUT2D eigenvalue weighted by Gasteiger charge is -2.30. The van der Waals surface area contributed by atoms with Crippen LogP contribution < -0.4 is 24.2 Å². The third-order valence-corrected chi connectivity index (χ3v) is 6.59. The van der Waals surface area contributed by atoms with Gasteiger partial charge in [-0.25, -0.2) is 9.96 Å². The molecule has 5 rings (SSSR count). The number of nitrogens with zero attached hydrogens (tertiary/aromatic N) is 2. The van der Waals surface area contributed by atoms with Crippen molar-refractivity contribution in [2.24, 2.45) is 5.92 Å². The lowest BCUT2D eigenvalue weighted by Crippen LogP contribution is -2.37. The van der Waals surface area contributed by atoms with E-state index in [0.29, 0.717) is 39.2 Å². The Balaban J connectivity index is 1.67. The minimum Gasteiger partial charge on any atom is -0.496 e. The fourth-order valence-electron chi connectivity index (χ4n) is 4.68. The largest absolute Gasteiger partial charge is 0.496 e. The van der Waals surface area contributed by atoms with Gasteiger partial charge in [-0.3, -0.25) is 14.4 Å². The highest BCUT2D eigenvalue weighted by Gasteiger charge is 2.61. The van der Waals surface area contributed by atoms with Gasteiger partial charge in [0.2, 0.25) is 5.91 Å². The van der Waals surface area contributed by atoms with Gasteiger partial charge in [0.25, 0.3) is 5.91 Å². The minimum absolute atomic E-state index is 0.300. The van der Waals surface area contributed by atoms with Crippen LogP contribution in [0.25, 0.3) is 0 Å². The molecule has 35 heavy (non-hydrogen) atoms. The third-order valence-electron chi connectivity index (χ3n) is 6.27. The molecule has 3 aromatic carbocycles. The molecule has 0 bridgehead atoms. The zero-order valence-electron chi connectivity index (χ0n) is 19.3. The van der Waals surface area contributed by atoms with Crippen molar-refractivity contribution in [2.45, 2.75) is 12.1 Å². The summed E-state index contributed by atoms with van der Waals surface area (Å²) in [6.07, 6.45) is -1.04. The fourth-order valence-corrected chi connectivity index (χ4v) is 4.90. The SMILES string of the molecule is COc1cc(OC)c([C@@H]2[C@@H]3C(=O)N(c4ccccc4Cl)C(=O)[C@@H]3ON2c2ccccc2)cc1OC. The average Bonchev–Trinajstić information content (AvgIpc) is 3.39. The van der Waals surface area contributed by atoms with Gasteiger partial charge in [0.1, 0.15) is 17.7 Å². The molecule has 2 aliphatic rings. The zero-order chi connectivity index (χ0) is 24.7. The summed E-state index contributed by atoms with van der Waals surface area (Å²) >= 11 is 6.34. The number of amides is 2. The number of methoxy groups -OCH3 is 3. The standard InChI is InChI=1S/C26H23ClN2O6/c1-32-19-14-21(34-3)20(33-2)13-16(19)23-22-24(35-29(23)15-9-5-4-6-10-15)26(31)28(25(22)30)18-12-8-7-11-17(18)27/h4-14,22-24H,1-3H3/t22-,23+,24+/m0/s1. The number of hydrogen-bond acceptors (Lipinski definition) is 7. The van der Waals surface area contributed by atoms with Crippen LogP contribution in [0.4, 0.5) is 11.4 Å². The first-order valence-electron chi connectivity index (χ1n) is 10.9. The molecule has 8 nitrogen and oxygen atoms in total. The van der Waals surface area contributed by atoms with Gasteiger partial charge in [-0.2, -0.15) is 0 Å². The molecule has 2 fully saturated rings. The highest BCUT2D eigenvalue weighted by Crippen LogP contribution is 2.51. The topological polar surface area (TPSA) is 77.5 Å². The number of hydrogen-bond donors (Lipinski definition) is 0. The predicted molar refractivity (Wildman–Crippen MR) is 130 cm³/mol. The Kier molecular flexibility index (Phi) is 6.00. The first kappa shape index (κ1) is 23.0. The van der Waals surface area contributed by atoms with Crippen LogP contribution >= 0.6 is 11.6 Å². The molecule has 0 unspecified atom stereocenters. The van der Waals surface area contributed by atoms with E-state index in [9.17, 15) is 9.59 Å². The molecule has 0 spiro atoms. The van der Waals surface area contributed by atoms with Crippen molar-refractivity contribution in [3.63, 3.8) is 0 Å². The summed E-state index contributed by atoms with van der Waals surface area (Å²) in [6.45, 7) is 0. The van der Waals surface area contributed by atoms with E-state index in [4.69, 9.17) is 30.6 Å². The van der Waals surface area contributed by atoms with Crippen LogP contribution in [0.3, 0.4) is 0 Å². The maximum Gasteiger partial charge on any atom is 0.266 e. The highest BCUT2D eigenvalue weighted by atomic mass is 35.5. The number of carbonyl (C=O) groups excluding carboxylic acids is 2. The Morgan fingerprint density at radius 3 is 2.09 bits per heavy atom. The van der Waals surface area contributed by atoms with Crippen LogP contribution in [0, 0.1) is 5.92 Å². The molecule has 0 N–H and O–H groups in total. The number of hydroxylamine groups is 1. The van der Waals surface area contributed by atoms with Crippen LogP contribution in [0.15, 0.2) is 66.7 Å².